The number of carbonyl (C=O) groups excluding carboxylic acids is 1. The molecule has 0 aliphatic carbocycles. The zero-order chi connectivity index (χ0) is 16.2. The zero-order valence-electron chi connectivity index (χ0n) is 11.5. The highest BCUT2D eigenvalue weighted by Crippen LogP contribution is 2.32. The summed E-state index contributed by atoms with van der Waals surface area (Å²) >= 11 is 9.07. The first kappa shape index (κ1) is 18.7. The summed E-state index contributed by atoms with van der Waals surface area (Å²) in [6.45, 7) is 4.26. The predicted molar refractivity (Wildman–Crippen MR) is 86.5 cm³/mol. The zero-order valence-corrected chi connectivity index (χ0v) is 15.4. The Morgan fingerprint density at radius 3 is 2.57 bits per heavy atom. The minimum Gasteiger partial charge on any atom is -0.462 e. The Hall–Kier alpha value is -0.300. The van der Waals surface area contributed by atoms with Gasteiger partial charge in [0.25, 0.3) is 9.05 Å². The molecule has 0 spiro atoms. The first-order valence-corrected chi connectivity index (χ1v) is 9.75. The van der Waals surface area contributed by atoms with E-state index in [0.717, 1.165) is 12.8 Å². The maximum atomic E-state index is 12.0. The third-order valence-corrected chi connectivity index (χ3v) is 5.09. The summed E-state index contributed by atoms with van der Waals surface area (Å²) < 4.78 is 28.4. The second-order valence-corrected chi connectivity index (χ2v) is 8.52. The molecule has 1 rings (SSSR count). The van der Waals surface area contributed by atoms with Gasteiger partial charge in [-0.15, -0.1) is 0 Å². The number of carbonyl (C=O) groups is 1. The molecule has 0 amide bonds. The number of hydrogen-bond acceptors (Lipinski definition) is 4. The summed E-state index contributed by atoms with van der Waals surface area (Å²) in [5, 5.41) is -0.235. The summed E-state index contributed by atoms with van der Waals surface area (Å²) in [5.41, 5.74) is -0.0334. The minimum absolute atomic E-state index is 0.0334. The van der Waals surface area contributed by atoms with Gasteiger partial charge in [-0.25, -0.2) is 13.2 Å². The van der Waals surface area contributed by atoms with Crippen molar-refractivity contribution in [1.29, 1.82) is 0 Å². The van der Waals surface area contributed by atoms with Crippen molar-refractivity contribution in [3.63, 3.8) is 0 Å². The monoisotopic (exact) mass is 416 g/mol. The van der Waals surface area contributed by atoms with Crippen LogP contribution in [0.25, 0.3) is 0 Å². The molecular formula is C13H15BrCl2O4S. The fourth-order valence-corrected chi connectivity index (χ4v) is 3.94. The van der Waals surface area contributed by atoms with Gasteiger partial charge in [0.2, 0.25) is 0 Å². The van der Waals surface area contributed by atoms with E-state index in [9.17, 15) is 13.2 Å². The summed E-state index contributed by atoms with van der Waals surface area (Å²) in [5.74, 6) is -0.452. The van der Waals surface area contributed by atoms with Crippen LogP contribution in [0.2, 0.25) is 5.02 Å². The summed E-state index contributed by atoms with van der Waals surface area (Å²) in [4.78, 5) is 11.7. The fourth-order valence-electron chi connectivity index (χ4n) is 1.76. The van der Waals surface area contributed by atoms with E-state index in [1.807, 2.05) is 13.8 Å². The third-order valence-electron chi connectivity index (χ3n) is 2.77. The molecular weight excluding hydrogens is 403 g/mol. The van der Waals surface area contributed by atoms with Crippen molar-refractivity contribution in [3.05, 3.63) is 27.2 Å². The van der Waals surface area contributed by atoms with Gasteiger partial charge in [0.1, 0.15) is 4.90 Å². The van der Waals surface area contributed by atoms with E-state index in [2.05, 4.69) is 15.9 Å². The van der Waals surface area contributed by atoms with Crippen LogP contribution in [0.1, 0.15) is 37.0 Å². The van der Waals surface area contributed by atoms with Crippen LogP contribution in [-0.4, -0.2) is 21.0 Å². The Bertz CT molecular complexity index is 631. The molecule has 0 heterocycles. The van der Waals surface area contributed by atoms with E-state index in [0.29, 0.717) is 4.47 Å². The van der Waals surface area contributed by atoms with E-state index < -0.39 is 15.0 Å². The van der Waals surface area contributed by atoms with Crippen LogP contribution in [-0.2, 0) is 13.8 Å². The van der Waals surface area contributed by atoms with Crippen molar-refractivity contribution in [2.24, 2.45) is 5.92 Å². The summed E-state index contributed by atoms with van der Waals surface area (Å²) in [7, 11) is 1.25. The van der Waals surface area contributed by atoms with Crippen LogP contribution in [0.3, 0.4) is 0 Å². The summed E-state index contributed by atoms with van der Waals surface area (Å²) in [6, 6.07) is 2.64. The van der Waals surface area contributed by atoms with Crippen LogP contribution in [0.5, 0.6) is 0 Å². The Kier molecular flexibility index (Phi) is 6.97. The molecule has 0 aliphatic heterocycles. The topological polar surface area (TPSA) is 60.4 Å². The number of halogens is 3. The van der Waals surface area contributed by atoms with E-state index in [4.69, 9.17) is 27.0 Å². The molecule has 1 atom stereocenters. The Balaban J connectivity index is 3.03. The van der Waals surface area contributed by atoms with Crippen LogP contribution < -0.4 is 0 Å². The second kappa shape index (κ2) is 7.81. The maximum absolute atomic E-state index is 12.0. The number of hydrogen-bond donors (Lipinski definition) is 0. The molecule has 21 heavy (non-hydrogen) atoms. The number of benzene rings is 1. The standard InChI is InChI=1S/C13H15BrCl2O4S/c1-3-4-8(2)7-20-13(17)10-5-9(14)6-11(12(10)15)21(16,18)19/h5-6,8H,3-4,7H2,1-2H3. The smallest absolute Gasteiger partial charge is 0.339 e. The van der Waals surface area contributed by atoms with Crippen molar-refractivity contribution in [3.8, 4) is 0 Å². The molecule has 0 aromatic heterocycles. The lowest BCUT2D eigenvalue weighted by atomic mass is 10.1. The van der Waals surface area contributed by atoms with Gasteiger partial charge in [0.15, 0.2) is 0 Å². The highest BCUT2D eigenvalue weighted by atomic mass is 79.9. The van der Waals surface area contributed by atoms with Crippen LogP contribution in [0, 0.1) is 5.92 Å². The summed E-state index contributed by atoms with van der Waals surface area (Å²) in [6.07, 6.45) is 1.92. The molecule has 1 unspecified atom stereocenters. The van der Waals surface area contributed by atoms with Gasteiger partial charge in [-0.05, 0) is 24.5 Å². The lowest BCUT2D eigenvalue weighted by Gasteiger charge is -2.12. The molecule has 0 aliphatic rings. The SMILES string of the molecule is CCCC(C)COC(=O)c1cc(Br)cc(S(=O)(=O)Cl)c1Cl. The fraction of sp³-hybridized carbons (Fsp3) is 0.462. The van der Waals surface area contributed by atoms with Gasteiger partial charge >= 0.3 is 5.97 Å². The Morgan fingerprint density at radius 2 is 2.05 bits per heavy atom. The lowest BCUT2D eigenvalue weighted by molar-refractivity contribution is 0.0443. The van der Waals surface area contributed by atoms with E-state index in [1.54, 1.807) is 0 Å². The molecule has 0 N–H and O–H groups in total. The number of ether oxygens (including phenoxy) is 1. The highest BCUT2D eigenvalue weighted by molar-refractivity contribution is 9.10. The van der Waals surface area contributed by atoms with Gasteiger partial charge in [-0.3, -0.25) is 0 Å². The Morgan fingerprint density at radius 1 is 1.43 bits per heavy atom. The normalized spacial score (nSPS) is 13.0. The van der Waals surface area contributed by atoms with Gasteiger partial charge in [-0.1, -0.05) is 47.8 Å². The minimum atomic E-state index is -4.05. The third kappa shape index (κ3) is 5.43. The molecule has 118 valence electrons. The van der Waals surface area contributed by atoms with Gasteiger partial charge < -0.3 is 4.74 Å². The van der Waals surface area contributed by atoms with Gasteiger partial charge in [0.05, 0.1) is 17.2 Å². The van der Waals surface area contributed by atoms with Crippen molar-refractivity contribution in [2.75, 3.05) is 6.61 Å². The molecule has 4 nitrogen and oxygen atoms in total. The molecule has 1 aromatic rings. The van der Waals surface area contributed by atoms with Crippen LogP contribution in [0.15, 0.2) is 21.5 Å². The molecule has 0 saturated heterocycles. The van der Waals surface area contributed by atoms with Crippen molar-refractivity contribution < 1.29 is 17.9 Å². The number of esters is 1. The van der Waals surface area contributed by atoms with E-state index in [1.165, 1.54) is 12.1 Å². The maximum Gasteiger partial charge on any atom is 0.339 e. The lowest BCUT2D eigenvalue weighted by Crippen LogP contribution is -2.13. The highest BCUT2D eigenvalue weighted by Gasteiger charge is 2.23. The van der Waals surface area contributed by atoms with Gasteiger partial charge in [0, 0.05) is 15.2 Å². The average Bonchev–Trinajstić information content (AvgIpc) is 2.37. The quantitative estimate of drug-likeness (QED) is 0.500. The first-order chi connectivity index (χ1) is 9.66. The van der Waals surface area contributed by atoms with Gasteiger partial charge in [-0.2, -0.15) is 0 Å². The molecule has 0 fully saturated rings. The molecule has 0 radical (unpaired) electrons. The Labute approximate surface area is 142 Å². The molecule has 8 heteroatoms. The largest absolute Gasteiger partial charge is 0.462 e. The molecule has 0 bridgehead atoms. The van der Waals surface area contributed by atoms with E-state index >= 15 is 0 Å². The van der Waals surface area contributed by atoms with Crippen LogP contribution in [0.4, 0.5) is 0 Å². The van der Waals surface area contributed by atoms with Crippen LogP contribution >= 0.6 is 38.2 Å². The van der Waals surface area contributed by atoms with Crippen molar-refractivity contribution in [2.45, 2.75) is 31.6 Å². The van der Waals surface area contributed by atoms with Crippen molar-refractivity contribution >= 4 is 53.2 Å². The predicted octanol–water partition coefficient (Wildman–Crippen LogP) is 4.62. The van der Waals surface area contributed by atoms with Crippen molar-refractivity contribution in [1.82, 2.24) is 0 Å². The first-order valence-electron chi connectivity index (χ1n) is 6.27. The molecule has 1 aromatic carbocycles. The molecule has 0 saturated carbocycles. The average molecular weight is 418 g/mol. The number of rotatable bonds is 6. The van der Waals surface area contributed by atoms with E-state index in [-0.39, 0.29) is 28.0 Å². The second-order valence-electron chi connectivity index (χ2n) is 4.70.